The van der Waals surface area contributed by atoms with E-state index in [1.807, 2.05) is 0 Å². The lowest BCUT2D eigenvalue weighted by Crippen LogP contribution is -2.06. The second-order valence-electron chi connectivity index (χ2n) is 4.93. The van der Waals surface area contributed by atoms with Gasteiger partial charge in [0.25, 0.3) is 0 Å². The lowest BCUT2D eigenvalue weighted by molar-refractivity contribution is -0.137. The van der Waals surface area contributed by atoms with Crippen molar-refractivity contribution in [2.45, 2.75) is 12.8 Å². The van der Waals surface area contributed by atoms with Gasteiger partial charge in [-0.15, -0.1) is 0 Å². The van der Waals surface area contributed by atoms with Gasteiger partial charge in [-0.05, 0) is 23.8 Å². The third-order valence-corrected chi connectivity index (χ3v) is 3.18. The Morgan fingerprint density at radius 3 is 2.58 bits per heavy atom. The molecule has 6 nitrogen and oxygen atoms in total. The van der Waals surface area contributed by atoms with Gasteiger partial charge in [0.05, 0.1) is 18.2 Å². The minimum absolute atomic E-state index is 0.0594. The summed E-state index contributed by atoms with van der Waals surface area (Å²) in [5.41, 5.74) is -0.299. The van der Waals surface area contributed by atoms with Crippen LogP contribution in [0.25, 0.3) is 6.08 Å². The van der Waals surface area contributed by atoms with E-state index in [1.165, 1.54) is 30.7 Å². The van der Waals surface area contributed by atoms with E-state index >= 15 is 0 Å². The molecule has 134 valence electrons. The monoisotopic (exact) mass is 363 g/mol. The number of nitrogens with zero attached hydrogens (tertiary/aromatic N) is 3. The first-order chi connectivity index (χ1) is 12.3. The molecule has 0 radical (unpaired) electrons. The van der Waals surface area contributed by atoms with Gasteiger partial charge in [0.15, 0.2) is 0 Å². The quantitative estimate of drug-likeness (QED) is 0.461. The number of halogens is 3. The van der Waals surface area contributed by atoms with Gasteiger partial charge in [-0.25, -0.2) is 14.8 Å². The van der Waals surface area contributed by atoms with E-state index in [4.69, 9.17) is 10.00 Å². The smallest absolute Gasteiger partial charge is 0.416 e. The van der Waals surface area contributed by atoms with Crippen LogP contribution in [0.5, 0.6) is 5.88 Å². The van der Waals surface area contributed by atoms with Crippen molar-refractivity contribution in [2.75, 3.05) is 7.11 Å². The second kappa shape index (κ2) is 8.11. The maximum Gasteiger partial charge on any atom is 0.416 e. The third kappa shape index (κ3) is 4.80. The highest BCUT2D eigenvalue weighted by atomic mass is 19.4. The van der Waals surface area contributed by atoms with Gasteiger partial charge in [-0.2, -0.15) is 18.4 Å². The van der Waals surface area contributed by atoms with E-state index < -0.39 is 17.7 Å². The molecule has 0 bridgehead atoms. The lowest BCUT2D eigenvalue weighted by Gasteiger charge is -2.10. The zero-order chi connectivity index (χ0) is 19.2. The molecule has 0 N–H and O–H groups in total. The van der Waals surface area contributed by atoms with Crippen LogP contribution in [0.15, 0.2) is 42.4 Å². The summed E-state index contributed by atoms with van der Waals surface area (Å²) in [6.07, 6.45) is -0.682. The summed E-state index contributed by atoms with van der Waals surface area (Å²) in [6.45, 7) is -0.0594. The average Bonchev–Trinajstić information content (AvgIpc) is 2.64. The summed E-state index contributed by atoms with van der Waals surface area (Å²) in [7, 11) is 1.14. The fraction of sp³-hybridized carbons (Fsp3) is 0.176. The van der Waals surface area contributed by atoms with Crippen LogP contribution in [0.3, 0.4) is 0 Å². The first kappa shape index (κ1) is 18.9. The number of esters is 1. The van der Waals surface area contributed by atoms with Crippen molar-refractivity contribution in [1.29, 1.82) is 5.26 Å². The van der Waals surface area contributed by atoms with E-state index in [0.717, 1.165) is 19.2 Å². The maximum absolute atomic E-state index is 12.6. The molecule has 0 saturated heterocycles. The molecule has 26 heavy (non-hydrogen) atoms. The molecule has 0 spiro atoms. The molecule has 0 aliphatic rings. The molecule has 2 aromatic rings. The van der Waals surface area contributed by atoms with Crippen molar-refractivity contribution in [3.63, 3.8) is 0 Å². The van der Waals surface area contributed by atoms with E-state index in [2.05, 4.69) is 14.7 Å². The number of alkyl halides is 3. The molecule has 0 unspecified atom stereocenters. The van der Waals surface area contributed by atoms with Crippen molar-refractivity contribution < 1.29 is 27.4 Å². The molecule has 1 aromatic carbocycles. The normalized spacial score (nSPS) is 11.6. The number of carbonyl (C=O) groups is 1. The summed E-state index contributed by atoms with van der Waals surface area (Å²) in [5, 5.41) is 8.99. The Balaban J connectivity index is 2.17. The predicted molar refractivity (Wildman–Crippen MR) is 83.4 cm³/mol. The second-order valence-corrected chi connectivity index (χ2v) is 4.93. The maximum atomic E-state index is 12.6. The number of hydrogen-bond donors (Lipinski definition) is 0. The van der Waals surface area contributed by atoms with Gasteiger partial charge in [0.1, 0.15) is 24.6 Å². The first-order valence-electron chi connectivity index (χ1n) is 7.14. The number of aromatic nitrogens is 2. The summed E-state index contributed by atoms with van der Waals surface area (Å²) >= 11 is 0. The van der Waals surface area contributed by atoms with Crippen LogP contribution in [0, 0.1) is 11.3 Å². The van der Waals surface area contributed by atoms with Gasteiger partial charge >= 0.3 is 12.1 Å². The third-order valence-electron chi connectivity index (χ3n) is 3.18. The van der Waals surface area contributed by atoms with Crippen molar-refractivity contribution in [3.8, 4) is 11.9 Å². The van der Waals surface area contributed by atoms with Gasteiger partial charge in [-0.3, -0.25) is 0 Å². The zero-order valence-corrected chi connectivity index (χ0v) is 13.4. The Kier molecular flexibility index (Phi) is 5.90. The number of ether oxygens (including phenoxy) is 2. The van der Waals surface area contributed by atoms with Crippen LogP contribution in [-0.4, -0.2) is 23.0 Å². The molecule has 1 heterocycles. The number of nitriles is 1. The number of benzene rings is 1. The topological polar surface area (TPSA) is 85.1 Å². The summed E-state index contributed by atoms with van der Waals surface area (Å²) in [5.74, 6) is -0.762. The van der Waals surface area contributed by atoms with Crippen molar-refractivity contribution in [1.82, 2.24) is 9.97 Å². The molecule has 0 atom stereocenters. The Labute approximate surface area is 146 Å². The molecule has 1 aromatic heterocycles. The highest BCUT2D eigenvalue weighted by Crippen LogP contribution is 2.29. The number of hydrogen-bond acceptors (Lipinski definition) is 6. The molecule has 0 aliphatic heterocycles. The van der Waals surface area contributed by atoms with Crippen molar-refractivity contribution in [3.05, 3.63) is 59.1 Å². The number of methoxy groups -OCH3 is 1. The highest BCUT2D eigenvalue weighted by Gasteiger charge is 2.29. The van der Waals surface area contributed by atoms with E-state index in [1.54, 1.807) is 6.07 Å². The minimum atomic E-state index is -4.41. The van der Waals surface area contributed by atoms with Crippen LogP contribution in [0.4, 0.5) is 13.2 Å². The average molecular weight is 363 g/mol. The molecule has 2 rings (SSSR count). The largest absolute Gasteiger partial charge is 0.472 e. The number of rotatable bonds is 5. The summed E-state index contributed by atoms with van der Waals surface area (Å²) < 4.78 is 47.6. The number of carbonyl (C=O) groups excluding carboxylic acids is 1. The zero-order valence-electron chi connectivity index (χ0n) is 13.4. The van der Waals surface area contributed by atoms with Crippen LogP contribution in [0.1, 0.15) is 16.7 Å². The lowest BCUT2D eigenvalue weighted by atomic mass is 10.1. The molecular weight excluding hydrogens is 351 g/mol. The van der Waals surface area contributed by atoms with Crippen LogP contribution >= 0.6 is 0 Å². The van der Waals surface area contributed by atoms with Gasteiger partial charge in [-0.1, -0.05) is 12.1 Å². The van der Waals surface area contributed by atoms with E-state index in [9.17, 15) is 18.0 Å². The molecule has 9 heteroatoms. The standard InChI is InChI=1S/C17H12F3N3O3/c1-25-16(24)12(7-21)6-13-8-22-10-23-15(13)26-9-11-2-4-14(5-3-11)17(18,19)20/h2-6,8,10H,9H2,1H3/b12-6-. The van der Waals surface area contributed by atoms with Crippen molar-refractivity contribution >= 4 is 12.0 Å². The fourth-order valence-corrected chi connectivity index (χ4v) is 1.89. The first-order valence-corrected chi connectivity index (χ1v) is 7.14. The van der Waals surface area contributed by atoms with Crippen LogP contribution in [0.2, 0.25) is 0 Å². The molecule has 0 fully saturated rings. The Hall–Kier alpha value is -3.41. The summed E-state index contributed by atoms with van der Waals surface area (Å²) in [6, 6.07) is 6.16. The highest BCUT2D eigenvalue weighted by molar-refractivity contribution is 5.98. The SMILES string of the molecule is COC(=O)/C(C#N)=C\c1cncnc1OCc1ccc(C(F)(F)F)cc1. The molecular formula is C17H12F3N3O3. The molecule has 0 aliphatic carbocycles. The summed E-state index contributed by atoms with van der Waals surface area (Å²) in [4.78, 5) is 19.2. The fourth-order valence-electron chi connectivity index (χ4n) is 1.89. The molecule has 0 amide bonds. The van der Waals surface area contributed by atoms with E-state index in [-0.39, 0.29) is 23.6 Å². The molecule has 0 saturated carbocycles. The van der Waals surface area contributed by atoms with Crippen LogP contribution in [-0.2, 0) is 22.3 Å². The Bertz CT molecular complexity index is 856. The van der Waals surface area contributed by atoms with E-state index in [0.29, 0.717) is 5.56 Å². The Morgan fingerprint density at radius 1 is 1.31 bits per heavy atom. The Morgan fingerprint density at radius 2 is 2.00 bits per heavy atom. The van der Waals surface area contributed by atoms with Crippen LogP contribution < -0.4 is 4.74 Å². The van der Waals surface area contributed by atoms with Gasteiger partial charge in [0.2, 0.25) is 5.88 Å². The van der Waals surface area contributed by atoms with Gasteiger partial charge < -0.3 is 9.47 Å². The van der Waals surface area contributed by atoms with Gasteiger partial charge in [0, 0.05) is 6.20 Å². The predicted octanol–water partition coefficient (Wildman–Crippen LogP) is 3.15. The minimum Gasteiger partial charge on any atom is -0.472 e. The van der Waals surface area contributed by atoms with Crippen molar-refractivity contribution in [2.24, 2.45) is 0 Å².